The zero-order chi connectivity index (χ0) is 11.5. The number of amides is 1. The van der Waals surface area contributed by atoms with Gasteiger partial charge in [0.05, 0.1) is 10.6 Å². The Morgan fingerprint density at radius 3 is 3.00 bits per heavy atom. The fraction of sp³-hybridized carbons (Fsp3) is 0.455. The van der Waals surface area contributed by atoms with Crippen molar-refractivity contribution >= 4 is 23.3 Å². The van der Waals surface area contributed by atoms with Crippen molar-refractivity contribution in [3.63, 3.8) is 0 Å². The molecule has 0 atom stereocenters. The molecular weight excluding hydrogens is 226 g/mol. The van der Waals surface area contributed by atoms with Gasteiger partial charge in [-0.1, -0.05) is 11.6 Å². The molecule has 1 aliphatic rings. The van der Waals surface area contributed by atoms with Crippen molar-refractivity contribution < 1.29 is 4.79 Å². The highest BCUT2D eigenvalue weighted by Gasteiger charge is 2.24. The van der Waals surface area contributed by atoms with Gasteiger partial charge >= 0.3 is 0 Å². The van der Waals surface area contributed by atoms with Crippen LogP contribution in [0.5, 0.6) is 0 Å². The molecule has 86 valence electrons. The first-order valence-corrected chi connectivity index (χ1v) is 5.78. The maximum atomic E-state index is 11.8. The number of carbonyl (C=O) groups excluding carboxylic acids is 1. The van der Waals surface area contributed by atoms with Crippen LogP contribution >= 0.6 is 11.6 Å². The zero-order valence-electron chi connectivity index (χ0n) is 9.09. The molecule has 1 amide bonds. The normalized spacial score (nSPS) is 14.6. The first-order valence-electron chi connectivity index (χ1n) is 5.41. The molecule has 0 radical (unpaired) electrons. The quantitative estimate of drug-likeness (QED) is 0.846. The van der Waals surface area contributed by atoms with Crippen molar-refractivity contribution in [3.05, 3.63) is 22.8 Å². The fourth-order valence-corrected chi connectivity index (χ4v) is 1.57. The lowest BCUT2D eigenvalue weighted by Crippen LogP contribution is -2.25. The number of nitrogens with one attached hydrogen (secondary N) is 2. The fourth-order valence-electron chi connectivity index (χ4n) is 1.38. The SMILES string of the molecule is CCNc1cc(C(=O)NC2CC2)c(Cl)cn1. The number of aromatic nitrogens is 1. The molecule has 1 aromatic heterocycles. The Balaban J connectivity index is 2.16. The second kappa shape index (κ2) is 4.70. The van der Waals surface area contributed by atoms with Gasteiger partial charge in [-0.3, -0.25) is 4.79 Å². The van der Waals surface area contributed by atoms with Crippen molar-refractivity contribution in [1.29, 1.82) is 0 Å². The van der Waals surface area contributed by atoms with E-state index >= 15 is 0 Å². The minimum absolute atomic E-state index is 0.117. The minimum atomic E-state index is -0.117. The second-order valence-electron chi connectivity index (χ2n) is 3.83. The predicted molar refractivity (Wildman–Crippen MR) is 63.9 cm³/mol. The number of halogens is 1. The molecule has 0 aliphatic heterocycles. The van der Waals surface area contributed by atoms with Gasteiger partial charge in [0.2, 0.25) is 0 Å². The van der Waals surface area contributed by atoms with Gasteiger partial charge in [-0.25, -0.2) is 4.98 Å². The summed E-state index contributed by atoms with van der Waals surface area (Å²) in [5.41, 5.74) is 0.486. The van der Waals surface area contributed by atoms with Gasteiger partial charge in [0.1, 0.15) is 5.82 Å². The van der Waals surface area contributed by atoms with Crippen LogP contribution < -0.4 is 10.6 Å². The van der Waals surface area contributed by atoms with Crippen LogP contribution in [0.4, 0.5) is 5.82 Å². The van der Waals surface area contributed by atoms with Crippen LogP contribution in [0.25, 0.3) is 0 Å². The second-order valence-corrected chi connectivity index (χ2v) is 4.23. The number of pyridine rings is 1. The molecule has 2 rings (SSSR count). The largest absolute Gasteiger partial charge is 0.370 e. The van der Waals surface area contributed by atoms with Gasteiger partial charge < -0.3 is 10.6 Å². The standard InChI is InChI=1S/C11H14ClN3O/c1-2-13-10-5-8(9(12)6-14-10)11(16)15-7-3-4-7/h5-7H,2-4H2,1H3,(H,13,14)(H,15,16). The van der Waals surface area contributed by atoms with Crippen LogP contribution in [-0.4, -0.2) is 23.5 Å². The summed E-state index contributed by atoms with van der Waals surface area (Å²) in [5.74, 6) is 0.557. The Bertz CT molecular complexity index is 404. The molecule has 0 bridgehead atoms. The number of carbonyl (C=O) groups is 1. The van der Waals surface area contributed by atoms with E-state index in [9.17, 15) is 4.79 Å². The van der Waals surface area contributed by atoms with Crippen LogP contribution in [0.15, 0.2) is 12.3 Å². The number of hydrogen-bond donors (Lipinski definition) is 2. The van der Waals surface area contributed by atoms with Crippen molar-refractivity contribution in [2.45, 2.75) is 25.8 Å². The third-order valence-electron chi connectivity index (χ3n) is 2.37. The number of anilines is 1. The summed E-state index contributed by atoms with van der Waals surface area (Å²) in [7, 11) is 0. The number of nitrogens with zero attached hydrogens (tertiary/aromatic N) is 1. The number of rotatable bonds is 4. The summed E-state index contributed by atoms with van der Waals surface area (Å²) < 4.78 is 0. The van der Waals surface area contributed by atoms with Crippen molar-refractivity contribution in [1.82, 2.24) is 10.3 Å². The van der Waals surface area contributed by atoms with E-state index in [1.165, 1.54) is 6.20 Å². The monoisotopic (exact) mass is 239 g/mol. The van der Waals surface area contributed by atoms with Crippen molar-refractivity contribution in [2.75, 3.05) is 11.9 Å². The summed E-state index contributed by atoms with van der Waals surface area (Å²) in [6, 6.07) is 2.02. The zero-order valence-corrected chi connectivity index (χ0v) is 9.84. The van der Waals surface area contributed by atoms with Crippen LogP contribution in [0.2, 0.25) is 5.02 Å². The summed E-state index contributed by atoms with van der Waals surface area (Å²) in [4.78, 5) is 15.9. The molecule has 1 saturated carbocycles. The molecule has 1 aromatic rings. The highest BCUT2D eigenvalue weighted by molar-refractivity contribution is 6.33. The molecule has 16 heavy (non-hydrogen) atoms. The predicted octanol–water partition coefficient (Wildman–Crippen LogP) is 2.06. The third-order valence-corrected chi connectivity index (χ3v) is 2.67. The Hall–Kier alpha value is -1.29. The van der Waals surface area contributed by atoms with E-state index in [1.807, 2.05) is 6.92 Å². The highest BCUT2D eigenvalue weighted by atomic mass is 35.5. The van der Waals surface area contributed by atoms with Gasteiger partial charge in [-0.05, 0) is 25.8 Å². The Morgan fingerprint density at radius 2 is 2.38 bits per heavy atom. The molecule has 5 heteroatoms. The average Bonchev–Trinajstić information content (AvgIpc) is 3.05. The lowest BCUT2D eigenvalue weighted by molar-refractivity contribution is 0.0951. The van der Waals surface area contributed by atoms with E-state index in [1.54, 1.807) is 6.07 Å². The maximum Gasteiger partial charge on any atom is 0.253 e. The van der Waals surface area contributed by atoms with Crippen LogP contribution in [0.3, 0.4) is 0 Å². The summed E-state index contributed by atoms with van der Waals surface area (Å²) in [6.07, 6.45) is 3.63. The summed E-state index contributed by atoms with van der Waals surface area (Å²) in [5, 5.41) is 6.34. The maximum absolute atomic E-state index is 11.8. The molecule has 0 saturated heterocycles. The molecular formula is C11H14ClN3O. The van der Waals surface area contributed by atoms with E-state index < -0.39 is 0 Å². The van der Waals surface area contributed by atoms with E-state index in [2.05, 4.69) is 15.6 Å². The van der Waals surface area contributed by atoms with Gasteiger partial charge in [0, 0.05) is 18.8 Å². The summed E-state index contributed by atoms with van der Waals surface area (Å²) >= 11 is 5.94. The molecule has 0 aromatic carbocycles. The van der Waals surface area contributed by atoms with Crippen molar-refractivity contribution in [2.24, 2.45) is 0 Å². The topological polar surface area (TPSA) is 54.0 Å². The van der Waals surface area contributed by atoms with E-state index in [4.69, 9.17) is 11.6 Å². The Morgan fingerprint density at radius 1 is 1.62 bits per heavy atom. The van der Waals surface area contributed by atoms with E-state index in [0.717, 1.165) is 19.4 Å². The lowest BCUT2D eigenvalue weighted by Gasteiger charge is -2.08. The Kier molecular flexibility index (Phi) is 3.29. The molecule has 1 heterocycles. The van der Waals surface area contributed by atoms with Crippen LogP contribution in [0.1, 0.15) is 30.1 Å². The molecule has 0 unspecified atom stereocenters. The van der Waals surface area contributed by atoms with Crippen LogP contribution in [-0.2, 0) is 0 Å². The van der Waals surface area contributed by atoms with Gasteiger partial charge in [0.15, 0.2) is 0 Å². The molecule has 2 N–H and O–H groups in total. The molecule has 1 aliphatic carbocycles. The third kappa shape index (κ3) is 2.64. The molecule has 0 spiro atoms. The lowest BCUT2D eigenvalue weighted by atomic mass is 10.2. The first kappa shape index (κ1) is 11.2. The van der Waals surface area contributed by atoms with Crippen molar-refractivity contribution in [3.8, 4) is 0 Å². The van der Waals surface area contributed by atoms with E-state index in [-0.39, 0.29) is 5.91 Å². The van der Waals surface area contributed by atoms with Crippen LogP contribution in [0, 0.1) is 0 Å². The average molecular weight is 240 g/mol. The minimum Gasteiger partial charge on any atom is -0.370 e. The smallest absolute Gasteiger partial charge is 0.253 e. The first-order chi connectivity index (χ1) is 7.70. The molecule has 1 fully saturated rings. The highest BCUT2D eigenvalue weighted by Crippen LogP contribution is 2.22. The molecule has 4 nitrogen and oxygen atoms in total. The van der Waals surface area contributed by atoms with E-state index in [0.29, 0.717) is 22.4 Å². The Labute approximate surface area is 99.4 Å². The van der Waals surface area contributed by atoms with Gasteiger partial charge in [-0.2, -0.15) is 0 Å². The number of hydrogen-bond acceptors (Lipinski definition) is 3. The summed E-state index contributed by atoms with van der Waals surface area (Å²) in [6.45, 7) is 2.73. The van der Waals surface area contributed by atoms with Gasteiger partial charge in [0.25, 0.3) is 5.91 Å². The van der Waals surface area contributed by atoms with Gasteiger partial charge in [-0.15, -0.1) is 0 Å².